The maximum absolute atomic E-state index is 16.5. The molecule has 5 aromatic rings. The molecule has 0 aromatic heterocycles. The monoisotopic (exact) mass is 1300 g/mol. The van der Waals surface area contributed by atoms with E-state index in [9.17, 15) is 133 Å². The lowest BCUT2D eigenvalue weighted by atomic mass is 9.80. The molecule has 0 spiro atoms. The van der Waals surface area contributed by atoms with Gasteiger partial charge in [0.25, 0.3) is 23.6 Å². The van der Waals surface area contributed by atoms with E-state index >= 15 is 52.7 Å². The zero-order chi connectivity index (χ0) is 65.4. The first-order valence-electron chi connectivity index (χ1n) is 20.2. The molecule has 84 heavy (non-hydrogen) atoms. The molecule has 2 heterocycles. The second kappa shape index (κ2) is 17.4. The van der Waals surface area contributed by atoms with E-state index in [4.69, 9.17) is 0 Å². The normalized spacial score (nSPS) is 16.6. The fourth-order valence-electron chi connectivity index (χ4n) is 8.60. The SMILES string of the molecule is O=C1c2c(F)c(F)c3c4c(F)c(F)c5c6c(c(F)c(F)c(c7c(F)c(F)c(c2c37)C(=O)N1CC(F)(F)C(F)(F)C(F)(F)C(F)(F)C(F)(F)C(F)(F)C(F)(F)F)c64)C(=O)N(CC(F)(F)C(F)(F)C(F)(F)C(F)(F)C(F)(F)C(F)(F)C(F)(F)F)C5=O. The molecule has 2 aliphatic heterocycles. The van der Waals surface area contributed by atoms with E-state index in [2.05, 4.69) is 0 Å². The maximum atomic E-state index is 16.5. The lowest BCUT2D eigenvalue weighted by Crippen LogP contribution is -2.73. The van der Waals surface area contributed by atoms with Crippen LogP contribution in [0.15, 0.2) is 0 Å². The quantitative estimate of drug-likeness (QED) is 0.0481. The van der Waals surface area contributed by atoms with Crippen LogP contribution in [-0.4, -0.2) is 130 Å². The van der Waals surface area contributed by atoms with Crippen LogP contribution in [0, 0.1) is 46.5 Å². The van der Waals surface area contributed by atoms with Crippen LogP contribution >= 0.6 is 0 Å². The zero-order valence-electron chi connectivity index (χ0n) is 37.3. The Bertz CT molecular complexity index is 3380. The molecule has 0 N–H and O–H groups in total. The highest BCUT2D eigenvalue weighted by atomic mass is 19.4. The summed E-state index contributed by atoms with van der Waals surface area (Å²) < 4.78 is 549. The minimum Gasteiger partial charge on any atom is -0.268 e. The Morgan fingerprint density at radius 1 is 0.214 bits per heavy atom. The van der Waals surface area contributed by atoms with Gasteiger partial charge in [0.15, 0.2) is 46.5 Å². The fourth-order valence-corrected chi connectivity index (χ4v) is 8.60. The number of fused-ring (bicyclic) bond motifs is 2. The van der Waals surface area contributed by atoms with E-state index in [0.29, 0.717) is 0 Å². The van der Waals surface area contributed by atoms with Crippen molar-refractivity contribution in [3.05, 3.63) is 68.8 Å². The third-order valence-corrected chi connectivity index (χ3v) is 12.9. The summed E-state index contributed by atoms with van der Waals surface area (Å²) in [5.74, 6) is -145. The van der Waals surface area contributed by atoms with Gasteiger partial charge in [-0.15, -0.1) is 0 Å². The van der Waals surface area contributed by atoms with Gasteiger partial charge >= 0.3 is 83.4 Å². The molecule has 0 radical (unpaired) electrons. The van der Waals surface area contributed by atoms with Crippen LogP contribution < -0.4 is 0 Å². The number of alkyl halides is 30. The van der Waals surface area contributed by atoms with Gasteiger partial charge < -0.3 is 0 Å². The molecule has 0 saturated heterocycles. The van der Waals surface area contributed by atoms with Crippen LogP contribution in [0.1, 0.15) is 41.4 Å². The average Bonchev–Trinajstić information content (AvgIpc) is 0.685. The van der Waals surface area contributed by atoms with Gasteiger partial charge in [-0.1, -0.05) is 0 Å². The summed E-state index contributed by atoms with van der Waals surface area (Å²) in [4.78, 5) is 49.7. The summed E-state index contributed by atoms with van der Waals surface area (Å²) in [6.07, 6.45) is -16.3. The van der Waals surface area contributed by atoms with Crippen molar-refractivity contribution in [2.45, 2.75) is 83.4 Å². The van der Waals surface area contributed by atoms with Crippen LogP contribution in [0.25, 0.3) is 43.1 Å². The molecule has 0 fully saturated rings. The first-order valence-corrected chi connectivity index (χ1v) is 20.2. The minimum absolute atomic E-state index is 2.09. The Morgan fingerprint density at radius 2 is 0.381 bits per heavy atom. The van der Waals surface area contributed by atoms with E-state index in [-0.39, 0.29) is 0 Å². The molecule has 7 rings (SSSR count). The molecule has 0 unspecified atom stereocenters. The molecular formula is C40H4F38N2O4. The van der Waals surface area contributed by atoms with Gasteiger partial charge in [-0.2, -0.15) is 132 Å². The third kappa shape index (κ3) is 7.19. The number of hydrogen-bond donors (Lipinski definition) is 0. The number of halogens is 38. The Labute approximate surface area is 428 Å². The number of amides is 4. The minimum atomic E-state index is -9.08. The van der Waals surface area contributed by atoms with Crippen molar-refractivity contribution in [2.24, 2.45) is 0 Å². The molecule has 0 aliphatic carbocycles. The molecular weight excluding hydrogens is 1290 g/mol. The van der Waals surface area contributed by atoms with Gasteiger partial charge in [-0.3, -0.25) is 29.0 Å². The van der Waals surface area contributed by atoms with Crippen LogP contribution in [0.3, 0.4) is 0 Å². The number of rotatable bonds is 14. The Hall–Kier alpha value is -6.98. The molecule has 0 saturated carbocycles. The van der Waals surface area contributed by atoms with Crippen LogP contribution in [0.2, 0.25) is 0 Å². The molecule has 44 heteroatoms. The first kappa shape index (κ1) is 64.6. The standard InChI is InChI=1S/C40H4F38N2O4/c41-15-7-3-5-11(19(15)45)23(81)79(1-27(49,50)29(53,54)31(57,58)33(61,62)35(65,66)37(69,70)39(73,74)75)24(82)12(5)20(46)16(42)8(3)10-4-6-13(21(47)17(43)9(4)7)25(83)80(26(84)14(6)22(48)18(10)44)2-28(51,52)30(55,56)32(59,60)34(63,64)36(67,68)38(71,72)40(76,77)78/h1-2H2. The maximum Gasteiger partial charge on any atom is 0.460 e. The van der Waals surface area contributed by atoms with Crippen LogP contribution in [0.4, 0.5) is 167 Å². The fraction of sp³-hybridized carbons (Fsp3) is 0.400. The third-order valence-electron chi connectivity index (χ3n) is 12.9. The summed E-state index contributed by atoms with van der Waals surface area (Å²) >= 11 is 0. The highest BCUT2D eigenvalue weighted by molar-refractivity contribution is 6.41. The average molecular weight is 1300 g/mol. The number of carbonyl (C=O) groups is 4. The van der Waals surface area contributed by atoms with E-state index in [1.165, 1.54) is 0 Å². The second-order valence-corrected chi connectivity index (χ2v) is 17.6. The smallest absolute Gasteiger partial charge is 0.268 e. The van der Waals surface area contributed by atoms with Gasteiger partial charge in [-0.05, 0) is 0 Å². The van der Waals surface area contributed by atoms with Crippen molar-refractivity contribution in [1.29, 1.82) is 0 Å². The predicted molar refractivity (Wildman–Crippen MR) is 190 cm³/mol. The lowest BCUT2D eigenvalue weighted by Gasteiger charge is -2.42. The van der Waals surface area contributed by atoms with Crippen molar-refractivity contribution in [3.8, 4) is 0 Å². The summed E-state index contributed by atoms with van der Waals surface area (Å²) in [5, 5.41) is -20.1. The Morgan fingerprint density at radius 3 is 0.560 bits per heavy atom. The van der Waals surface area contributed by atoms with Gasteiger partial charge in [0.1, 0.15) is 0 Å². The molecule has 0 atom stereocenters. The number of imide groups is 2. The number of benzene rings is 5. The Kier molecular flexibility index (Phi) is 13.3. The van der Waals surface area contributed by atoms with E-state index in [1.54, 1.807) is 0 Å². The molecule has 4 amide bonds. The number of hydrogen-bond acceptors (Lipinski definition) is 4. The summed E-state index contributed by atoms with van der Waals surface area (Å²) in [6, 6.07) is 0. The van der Waals surface area contributed by atoms with Gasteiger partial charge in [0.2, 0.25) is 0 Å². The topological polar surface area (TPSA) is 74.8 Å². The molecule has 464 valence electrons. The Balaban J connectivity index is 1.44. The van der Waals surface area contributed by atoms with Gasteiger partial charge in [0, 0.05) is 43.1 Å². The molecule has 6 nitrogen and oxygen atoms in total. The van der Waals surface area contributed by atoms with Gasteiger partial charge in [-0.25, -0.2) is 35.1 Å². The first-order chi connectivity index (χ1) is 37.1. The van der Waals surface area contributed by atoms with Crippen molar-refractivity contribution in [2.75, 3.05) is 13.1 Å². The van der Waals surface area contributed by atoms with E-state index in [1.807, 2.05) is 0 Å². The molecule has 5 aromatic carbocycles. The number of nitrogens with zero attached hydrogens (tertiary/aromatic N) is 2. The van der Waals surface area contributed by atoms with Crippen molar-refractivity contribution < 1.29 is 186 Å². The van der Waals surface area contributed by atoms with Crippen molar-refractivity contribution in [3.63, 3.8) is 0 Å². The molecule has 0 bridgehead atoms. The van der Waals surface area contributed by atoms with E-state index < -0.39 is 242 Å². The van der Waals surface area contributed by atoms with Gasteiger partial charge in [0.05, 0.1) is 35.3 Å². The summed E-state index contributed by atoms with van der Waals surface area (Å²) in [7, 11) is 0. The highest BCUT2D eigenvalue weighted by Crippen LogP contribution is 2.65. The largest absolute Gasteiger partial charge is 0.460 e. The zero-order valence-corrected chi connectivity index (χ0v) is 37.3. The van der Waals surface area contributed by atoms with Crippen molar-refractivity contribution in [1.82, 2.24) is 9.80 Å². The second-order valence-electron chi connectivity index (χ2n) is 17.6. The highest BCUT2D eigenvalue weighted by Gasteiger charge is 2.95. The lowest BCUT2D eigenvalue weighted by molar-refractivity contribution is -0.452. The van der Waals surface area contributed by atoms with E-state index in [0.717, 1.165) is 0 Å². The summed E-state index contributed by atoms with van der Waals surface area (Å²) in [5.41, 5.74) is -11.6. The summed E-state index contributed by atoms with van der Waals surface area (Å²) in [6.45, 7) is -8.70. The van der Waals surface area contributed by atoms with Crippen LogP contribution in [0.5, 0.6) is 0 Å². The number of carbonyl (C=O) groups excluding carboxylic acids is 4. The molecule has 2 aliphatic rings. The predicted octanol–water partition coefficient (Wildman–Crippen LogP) is 14.8. The van der Waals surface area contributed by atoms with Crippen molar-refractivity contribution >= 4 is 66.7 Å². The van der Waals surface area contributed by atoms with Crippen LogP contribution in [-0.2, 0) is 0 Å².